The Morgan fingerprint density at radius 2 is 1.58 bits per heavy atom. The summed E-state index contributed by atoms with van der Waals surface area (Å²) < 4.78 is 12.6. The SMILES string of the molecule is CC1(C)c2ccc(-c3ncccc3B3OC(C)(C)C(C)(C)O3)cc2-c2ccc([N+](=O)[O-])cc21. The normalized spacial score (nSPS) is 19.3. The predicted molar refractivity (Wildman–Crippen MR) is 130 cm³/mol. The second-order valence-corrected chi connectivity index (χ2v) is 10.4. The van der Waals surface area contributed by atoms with Crippen LogP contribution in [-0.2, 0) is 14.7 Å². The van der Waals surface area contributed by atoms with Gasteiger partial charge < -0.3 is 9.31 Å². The van der Waals surface area contributed by atoms with E-state index in [2.05, 4.69) is 32.0 Å². The van der Waals surface area contributed by atoms with Crippen molar-refractivity contribution in [1.29, 1.82) is 0 Å². The molecule has 0 unspecified atom stereocenters. The molecule has 33 heavy (non-hydrogen) atoms. The van der Waals surface area contributed by atoms with Crippen LogP contribution >= 0.6 is 0 Å². The lowest BCUT2D eigenvalue weighted by Gasteiger charge is -2.32. The summed E-state index contributed by atoms with van der Waals surface area (Å²) >= 11 is 0. The minimum Gasteiger partial charge on any atom is -0.399 e. The van der Waals surface area contributed by atoms with Gasteiger partial charge in [-0.1, -0.05) is 32.0 Å². The van der Waals surface area contributed by atoms with Gasteiger partial charge in [0.2, 0.25) is 0 Å². The number of pyridine rings is 1. The zero-order chi connectivity index (χ0) is 23.8. The van der Waals surface area contributed by atoms with Crippen LogP contribution in [0.3, 0.4) is 0 Å². The molecule has 2 aliphatic rings. The number of nitrogens with zero attached hydrogens (tertiary/aromatic N) is 2. The van der Waals surface area contributed by atoms with E-state index in [-0.39, 0.29) is 16.0 Å². The lowest BCUT2D eigenvalue weighted by atomic mass is 9.76. The summed E-state index contributed by atoms with van der Waals surface area (Å²) in [5.41, 5.74) is 5.77. The van der Waals surface area contributed by atoms with Crippen molar-refractivity contribution in [3.63, 3.8) is 0 Å². The third-order valence-corrected chi connectivity index (χ3v) is 7.49. The second-order valence-electron chi connectivity index (χ2n) is 10.4. The Morgan fingerprint density at radius 1 is 0.879 bits per heavy atom. The van der Waals surface area contributed by atoms with Crippen molar-refractivity contribution in [1.82, 2.24) is 4.98 Å². The van der Waals surface area contributed by atoms with E-state index in [1.807, 2.05) is 45.9 Å². The first kappa shape index (κ1) is 21.8. The van der Waals surface area contributed by atoms with E-state index in [0.29, 0.717) is 0 Å². The quantitative estimate of drug-likeness (QED) is 0.314. The Balaban J connectivity index is 1.62. The number of nitro groups is 1. The molecule has 6 nitrogen and oxygen atoms in total. The Bertz CT molecular complexity index is 1280. The topological polar surface area (TPSA) is 74.5 Å². The van der Waals surface area contributed by atoms with Crippen molar-refractivity contribution in [2.45, 2.75) is 58.2 Å². The Labute approximate surface area is 194 Å². The van der Waals surface area contributed by atoms with Gasteiger partial charge in [-0.3, -0.25) is 15.1 Å². The van der Waals surface area contributed by atoms with Crippen LogP contribution in [0.15, 0.2) is 54.7 Å². The summed E-state index contributed by atoms with van der Waals surface area (Å²) in [4.78, 5) is 15.7. The first-order valence-electron chi connectivity index (χ1n) is 11.2. The Hall–Kier alpha value is -3.03. The van der Waals surface area contributed by atoms with Gasteiger partial charge in [-0.05, 0) is 68.1 Å². The van der Waals surface area contributed by atoms with Crippen LogP contribution in [0.1, 0.15) is 52.7 Å². The van der Waals surface area contributed by atoms with E-state index >= 15 is 0 Å². The van der Waals surface area contributed by atoms with Crippen LogP contribution in [-0.4, -0.2) is 28.2 Å². The molecule has 0 saturated carbocycles. The van der Waals surface area contributed by atoms with Gasteiger partial charge in [-0.2, -0.15) is 0 Å². The number of aromatic nitrogens is 1. The van der Waals surface area contributed by atoms with Crippen LogP contribution < -0.4 is 5.46 Å². The van der Waals surface area contributed by atoms with Crippen LogP contribution in [0, 0.1) is 10.1 Å². The molecule has 7 heteroatoms. The van der Waals surface area contributed by atoms with Crippen molar-refractivity contribution in [2.24, 2.45) is 0 Å². The zero-order valence-electron chi connectivity index (χ0n) is 19.8. The highest BCUT2D eigenvalue weighted by molar-refractivity contribution is 6.63. The number of fused-ring (bicyclic) bond motifs is 3. The first-order chi connectivity index (χ1) is 15.4. The molecule has 0 radical (unpaired) electrons. The molecular formula is C26H27BN2O4. The monoisotopic (exact) mass is 442 g/mol. The minimum absolute atomic E-state index is 0.114. The Kier molecular flexibility index (Phi) is 4.61. The van der Waals surface area contributed by atoms with E-state index in [0.717, 1.165) is 39.0 Å². The molecule has 0 amide bonds. The molecule has 1 fully saturated rings. The average molecular weight is 442 g/mol. The Morgan fingerprint density at radius 3 is 2.24 bits per heavy atom. The fourth-order valence-electron chi connectivity index (χ4n) is 4.82. The molecule has 0 bridgehead atoms. The highest BCUT2D eigenvalue weighted by Gasteiger charge is 2.52. The maximum absolute atomic E-state index is 11.4. The molecular weight excluding hydrogens is 415 g/mol. The summed E-state index contributed by atoms with van der Waals surface area (Å²) in [5, 5.41) is 11.4. The fourth-order valence-corrected chi connectivity index (χ4v) is 4.82. The van der Waals surface area contributed by atoms with Gasteiger partial charge in [0.15, 0.2) is 0 Å². The third-order valence-electron chi connectivity index (χ3n) is 7.49. The zero-order valence-corrected chi connectivity index (χ0v) is 19.8. The van der Waals surface area contributed by atoms with Crippen LogP contribution in [0.4, 0.5) is 5.69 Å². The van der Waals surface area contributed by atoms with E-state index in [9.17, 15) is 10.1 Å². The van der Waals surface area contributed by atoms with E-state index in [1.54, 1.807) is 18.3 Å². The first-order valence-corrected chi connectivity index (χ1v) is 11.2. The van der Waals surface area contributed by atoms with Crippen molar-refractivity contribution in [3.8, 4) is 22.4 Å². The summed E-state index contributed by atoms with van der Waals surface area (Å²) in [5.74, 6) is 0. The summed E-state index contributed by atoms with van der Waals surface area (Å²) in [6.45, 7) is 12.4. The molecule has 1 aromatic heterocycles. The lowest BCUT2D eigenvalue weighted by Crippen LogP contribution is -2.41. The highest BCUT2D eigenvalue weighted by atomic mass is 16.7. The molecule has 168 valence electrons. The number of hydrogen-bond donors (Lipinski definition) is 0. The largest absolute Gasteiger partial charge is 0.497 e. The van der Waals surface area contributed by atoms with E-state index < -0.39 is 18.3 Å². The molecule has 2 heterocycles. The highest BCUT2D eigenvalue weighted by Crippen LogP contribution is 2.50. The average Bonchev–Trinajstić information content (AvgIpc) is 3.12. The number of benzene rings is 2. The second kappa shape index (κ2) is 6.99. The van der Waals surface area contributed by atoms with E-state index in [1.165, 1.54) is 0 Å². The number of hydrogen-bond acceptors (Lipinski definition) is 5. The maximum Gasteiger partial charge on any atom is 0.497 e. The van der Waals surface area contributed by atoms with Crippen molar-refractivity contribution < 1.29 is 14.2 Å². The van der Waals surface area contributed by atoms with E-state index in [4.69, 9.17) is 14.3 Å². The van der Waals surface area contributed by atoms with Gasteiger partial charge in [0.05, 0.1) is 21.8 Å². The fraction of sp³-hybridized carbons (Fsp3) is 0.346. The molecule has 3 aromatic rings. The number of rotatable bonds is 3. The molecule has 0 N–H and O–H groups in total. The summed E-state index contributed by atoms with van der Waals surface area (Å²) in [7, 11) is -0.515. The smallest absolute Gasteiger partial charge is 0.399 e. The van der Waals surface area contributed by atoms with Gasteiger partial charge in [0, 0.05) is 34.8 Å². The number of non-ortho nitro benzene ring substituents is 1. The van der Waals surface area contributed by atoms with Gasteiger partial charge in [0.25, 0.3) is 5.69 Å². The third kappa shape index (κ3) is 3.22. The van der Waals surface area contributed by atoms with Gasteiger partial charge >= 0.3 is 7.12 Å². The van der Waals surface area contributed by atoms with Crippen LogP contribution in [0.5, 0.6) is 0 Å². The van der Waals surface area contributed by atoms with Gasteiger partial charge in [-0.25, -0.2) is 0 Å². The molecule has 1 aliphatic heterocycles. The summed E-state index contributed by atoms with van der Waals surface area (Å²) in [6, 6.07) is 15.3. The van der Waals surface area contributed by atoms with Crippen LogP contribution in [0.2, 0.25) is 0 Å². The molecule has 1 aliphatic carbocycles. The van der Waals surface area contributed by atoms with Crippen molar-refractivity contribution >= 4 is 18.3 Å². The summed E-state index contributed by atoms with van der Waals surface area (Å²) in [6.07, 6.45) is 1.78. The molecule has 5 rings (SSSR count). The molecule has 2 aromatic carbocycles. The molecule has 1 saturated heterocycles. The van der Waals surface area contributed by atoms with Crippen LogP contribution in [0.25, 0.3) is 22.4 Å². The van der Waals surface area contributed by atoms with Crippen molar-refractivity contribution in [3.05, 3.63) is 76.0 Å². The molecule has 0 spiro atoms. The standard InChI is InChI=1S/C26H27BN2O4/c1-24(2)20-12-9-16(14-19(20)18-11-10-17(29(30)31)15-21(18)24)23-22(8-7-13-28-23)27-32-25(3,4)26(5,6)33-27/h7-15H,1-6H3. The minimum atomic E-state index is -0.515. The number of nitro benzene ring substituents is 1. The van der Waals surface area contributed by atoms with Gasteiger partial charge in [0.1, 0.15) is 0 Å². The van der Waals surface area contributed by atoms with Crippen molar-refractivity contribution in [2.75, 3.05) is 0 Å². The van der Waals surface area contributed by atoms with Gasteiger partial charge in [-0.15, -0.1) is 0 Å². The molecule has 0 atom stereocenters. The maximum atomic E-state index is 11.4. The lowest BCUT2D eigenvalue weighted by molar-refractivity contribution is -0.384. The predicted octanol–water partition coefficient (Wildman–Crippen LogP) is 5.26.